The number of para-hydroxylation sites is 3. The van der Waals surface area contributed by atoms with Gasteiger partial charge in [-0.25, -0.2) is 0 Å². The minimum atomic E-state index is -0.0719. The van der Waals surface area contributed by atoms with Gasteiger partial charge in [0.05, 0.1) is 5.69 Å². The molecule has 5 heteroatoms. The van der Waals surface area contributed by atoms with Crippen LogP contribution in [0.2, 0.25) is 0 Å². The lowest BCUT2D eigenvalue weighted by molar-refractivity contribution is 0.199. The Labute approximate surface area is 400 Å². The highest BCUT2D eigenvalue weighted by Gasteiger charge is 2.63. The Balaban J connectivity index is 1.19. The van der Waals surface area contributed by atoms with E-state index in [1.54, 1.807) is 0 Å². The fourth-order valence-electron chi connectivity index (χ4n) is 13.1. The van der Waals surface area contributed by atoms with Crippen LogP contribution in [0, 0.1) is 13.8 Å². The van der Waals surface area contributed by atoms with Crippen molar-refractivity contribution in [1.29, 1.82) is 0 Å². The van der Waals surface area contributed by atoms with Crippen LogP contribution in [0.3, 0.4) is 0 Å². The van der Waals surface area contributed by atoms with Crippen LogP contribution in [0.1, 0.15) is 81.5 Å². The van der Waals surface area contributed by atoms with Crippen LogP contribution < -0.4 is 25.5 Å². The van der Waals surface area contributed by atoms with Crippen LogP contribution in [0.15, 0.2) is 164 Å². The summed E-state index contributed by atoms with van der Waals surface area (Å²) >= 11 is 1.93. The van der Waals surface area contributed by atoms with Gasteiger partial charge in [-0.2, -0.15) is 0 Å². The van der Waals surface area contributed by atoms with Gasteiger partial charge in [0.15, 0.2) is 0 Å². The highest BCUT2D eigenvalue weighted by atomic mass is 32.1. The molecule has 0 bridgehead atoms. The van der Waals surface area contributed by atoms with Crippen molar-refractivity contribution in [2.75, 3.05) is 14.6 Å². The lowest BCUT2D eigenvalue weighted by Gasteiger charge is -2.55. The van der Waals surface area contributed by atoms with Gasteiger partial charge in [-0.1, -0.05) is 148 Å². The number of unbranched alkanes of at least 4 members (excludes halogenated alkanes) is 1. The standard InChI is InChI=1S/C62H56BN3S/c1-6-7-22-42-31-32-54(47(35-42)43-23-9-8-10-24-43)65-55-39-58-48(45-25-13-16-30-57(45)67-58)38-51(55)63-59-49(46-26-19-27-50-60(46)66(63)62(5)34-18-17-33-61(50,62)4)36-44(37-56(59)65)64(52-28-14-11-20-40(52)2)53-29-15-12-21-41(53)3/h8-16,19-21,23-32,35-39H,6-7,17-18,22,33-34H2,1-5H3. The van der Waals surface area contributed by atoms with Crippen molar-refractivity contribution in [3.63, 3.8) is 0 Å². The quantitative estimate of drug-likeness (QED) is 0.141. The molecule has 1 fully saturated rings. The minimum Gasteiger partial charge on any atom is -0.400 e. The molecule has 0 saturated heterocycles. The lowest BCUT2D eigenvalue weighted by Crippen LogP contribution is -2.70. The number of thiophene rings is 1. The Hall–Kier alpha value is -6.56. The van der Waals surface area contributed by atoms with E-state index in [9.17, 15) is 0 Å². The summed E-state index contributed by atoms with van der Waals surface area (Å²) in [4.78, 5) is 8.22. The largest absolute Gasteiger partial charge is 0.400 e. The Morgan fingerprint density at radius 1 is 0.612 bits per heavy atom. The number of hydrogen-bond donors (Lipinski definition) is 0. The number of fused-ring (bicyclic) bond motifs is 10. The van der Waals surface area contributed by atoms with Gasteiger partial charge in [0.1, 0.15) is 0 Å². The van der Waals surface area contributed by atoms with Crippen molar-refractivity contribution < 1.29 is 0 Å². The predicted molar refractivity (Wildman–Crippen MR) is 289 cm³/mol. The maximum Gasteiger partial charge on any atom is 0.328 e. The second-order valence-corrected chi connectivity index (χ2v) is 21.4. The number of nitrogens with zero attached hydrogens (tertiary/aromatic N) is 3. The Bertz CT molecular complexity index is 3420. The summed E-state index contributed by atoms with van der Waals surface area (Å²) in [5.74, 6) is 0. The average Bonchev–Trinajstić information content (AvgIpc) is 3.82. The van der Waals surface area contributed by atoms with Crippen LogP contribution in [-0.2, 0) is 11.8 Å². The second kappa shape index (κ2) is 15.2. The summed E-state index contributed by atoms with van der Waals surface area (Å²) in [5, 5.41) is 2.71. The maximum absolute atomic E-state index is 2.98. The zero-order valence-electron chi connectivity index (χ0n) is 39.4. The van der Waals surface area contributed by atoms with E-state index >= 15 is 0 Å². The van der Waals surface area contributed by atoms with E-state index in [-0.39, 0.29) is 17.8 Å². The monoisotopic (exact) mass is 885 g/mol. The molecule has 4 aliphatic rings. The summed E-state index contributed by atoms with van der Waals surface area (Å²) < 4.78 is 2.67. The topological polar surface area (TPSA) is 9.72 Å². The van der Waals surface area contributed by atoms with Crippen LogP contribution in [-0.4, -0.2) is 12.4 Å². The third-order valence-electron chi connectivity index (χ3n) is 16.6. The van der Waals surface area contributed by atoms with Crippen molar-refractivity contribution in [2.24, 2.45) is 0 Å². The zero-order valence-corrected chi connectivity index (χ0v) is 40.2. The van der Waals surface area contributed by atoms with Crippen molar-refractivity contribution in [3.8, 4) is 22.3 Å². The van der Waals surface area contributed by atoms with Gasteiger partial charge in [0, 0.05) is 76.4 Å². The molecule has 0 radical (unpaired) electrons. The summed E-state index contributed by atoms with van der Waals surface area (Å²) in [7, 11) is 0. The van der Waals surface area contributed by atoms with Crippen molar-refractivity contribution >= 4 is 89.1 Å². The molecule has 0 N–H and O–H groups in total. The molecule has 2 unspecified atom stereocenters. The Morgan fingerprint density at radius 3 is 2.12 bits per heavy atom. The highest BCUT2D eigenvalue weighted by molar-refractivity contribution is 7.26. The molecule has 328 valence electrons. The average molecular weight is 886 g/mol. The van der Waals surface area contributed by atoms with Gasteiger partial charge in [0.25, 0.3) is 0 Å². The summed E-state index contributed by atoms with van der Waals surface area (Å²) in [6.45, 7) is 12.1. The Morgan fingerprint density at radius 2 is 1.34 bits per heavy atom. The van der Waals surface area contributed by atoms with E-state index < -0.39 is 0 Å². The van der Waals surface area contributed by atoms with Gasteiger partial charge in [-0.05, 0) is 139 Å². The third-order valence-corrected chi connectivity index (χ3v) is 17.8. The molecule has 1 aromatic heterocycles. The molecular formula is C62H56BN3S. The van der Waals surface area contributed by atoms with Gasteiger partial charge < -0.3 is 14.6 Å². The molecule has 67 heavy (non-hydrogen) atoms. The molecule has 3 nitrogen and oxygen atoms in total. The van der Waals surface area contributed by atoms with Crippen LogP contribution >= 0.6 is 11.3 Å². The number of benzene rings is 8. The first kappa shape index (κ1) is 40.7. The molecule has 0 amide bonds. The maximum atomic E-state index is 2.98. The van der Waals surface area contributed by atoms with E-state index in [0.717, 1.165) is 6.42 Å². The molecule has 4 heterocycles. The minimum absolute atomic E-state index is 0.0151. The van der Waals surface area contributed by atoms with E-state index in [1.807, 2.05) is 11.3 Å². The van der Waals surface area contributed by atoms with Gasteiger partial charge in [-0.3, -0.25) is 0 Å². The number of rotatable bonds is 8. The van der Waals surface area contributed by atoms with Crippen molar-refractivity contribution in [1.82, 2.24) is 0 Å². The first-order valence-corrected chi connectivity index (χ1v) is 25.6. The van der Waals surface area contributed by atoms with E-state index in [2.05, 4.69) is 213 Å². The number of hydrogen-bond acceptors (Lipinski definition) is 4. The summed E-state index contributed by atoms with van der Waals surface area (Å²) in [6.07, 6.45) is 8.29. The normalized spacial score (nSPS) is 18.8. The summed E-state index contributed by atoms with van der Waals surface area (Å²) in [5.41, 5.74) is 22.2. The third kappa shape index (κ3) is 5.83. The van der Waals surface area contributed by atoms with Crippen LogP contribution in [0.5, 0.6) is 0 Å². The molecular weight excluding hydrogens is 830 g/mol. The molecule has 0 spiro atoms. The van der Waals surface area contributed by atoms with Gasteiger partial charge in [-0.15, -0.1) is 11.3 Å². The molecule has 8 aromatic carbocycles. The zero-order chi connectivity index (χ0) is 45.2. The van der Waals surface area contributed by atoms with Crippen LogP contribution in [0.4, 0.5) is 39.8 Å². The van der Waals surface area contributed by atoms with Crippen LogP contribution in [0.25, 0.3) is 42.4 Å². The summed E-state index contributed by atoms with van der Waals surface area (Å²) in [6, 6.07) is 63.1. The molecule has 2 atom stereocenters. The molecule has 13 rings (SSSR count). The fourth-order valence-corrected chi connectivity index (χ4v) is 14.2. The Kier molecular flexibility index (Phi) is 9.25. The molecule has 3 aliphatic heterocycles. The molecule has 1 saturated carbocycles. The number of aryl methyl sites for hydroxylation is 3. The number of anilines is 7. The highest BCUT2D eigenvalue weighted by Crippen LogP contribution is 2.63. The smallest absolute Gasteiger partial charge is 0.328 e. The van der Waals surface area contributed by atoms with E-state index in [0.29, 0.717) is 0 Å². The first-order chi connectivity index (χ1) is 32.8. The molecule has 1 aliphatic carbocycles. The van der Waals surface area contributed by atoms with Gasteiger partial charge >= 0.3 is 6.85 Å². The van der Waals surface area contributed by atoms with Crippen molar-refractivity contribution in [2.45, 2.75) is 90.5 Å². The first-order valence-electron chi connectivity index (χ1n) is 24.7. The van der Waals surface area contributed by atoms with Gasteiger partial charge in [0.2, 0.25) is 0 Å². The van der Waals surface area contributed by atoms with E-state index in [1.165, 1.54) is 154 Å². The van der Waals surface area contributed by atoms with E-state index in [4.69, 9.17) is 0 Å². The molecule has 9 aromatic rings. The predicted octanol–water partition coefficient (Wildman–Crippen LogP) is 16.1. The lowest BCUT2D eigenvalue weighted by atomic mass is 9.42. The second-order valence-electron chi connectivity index (χ2n) is 20.3. The SMILES string of the molecule is CCCCc1ccc(N2c3cc4sc5ccccc5c4cc3B3c4c(cc(N(c5ccccc5C)c5ccccc5C)cc42)-c2cccc4c2N3C2(C)CCCCC42C)c(-c2ccccc2)c1. The van der Waals surface area contributed by atoms with Crippen molar-refractivity contribution in [3.05, 3.63) is 186 Å². The fraction of sp³-hybridized carbons (Fsp3) is 0.226.